The summed E-state index contributed by atoms with van der Waals surface area (Å²) in [6.45, 7) is 5.04. The Hall–Kier alpha value is -4.25. The Kier molecular flexibility index (Phi) is 7.91. The SMILES string of the molecule is COCCOc1cc(OC)c2c(Nc3ccc(NC(=O)Cn4cc(C(C)C)nn4)cc3)ncnc2c1. The third kappa shape index (κ3) is 6.05. The molecule has 2 aromatic carbocycles. The van der Waals surface area contributed by atoms with Crippen LogP contribution in [0.2, 0.25) is 0 Å². The predicted octanol–water partition coefficient (Wildman–Crippen LogP) is 3.76. The van der Waals surface area contributed by atoms with Crippen LogP contribution in [0.4, 0.5) is 17.2 Å². The number of ether oxygens (including phenoxy) is 3. The maximum atomic E-state index is 12.4. The van der Waals surface area contributed by atoms with Crippen LogP contribution in [0.5, 0.6) is 11.5 Å². The summed E-state index contributed by atoms with van der Waals surface area (Å²) in [5.74, 6) is 1.87. The van der Waals surface area contributed by atoms with Gasteiger partial charge in [-0.15, -0.1) is 5.10 Å². The van der Waals surface area contributed by atoms with Crippen molar-refractivity contribution in [3.63, 3.8) is 0 Å². The lowest BCUT2D eigenvalue weighted by atomic mass is 10.2. The molecule has 0 bridgehead atoms. The van der Waals surface area contributed by atoms with Gasteiger partial charge >= 0.3 is 0 Å². The summed E-state index contributed by atoms with van der Waals surface area (Å²) in [6.07, 6.45) is 3.26. The number of rotatable bonds is 11. The van der Waals surface area contributed by atoms with Crippen LogP contribution in [0, 0.1) is 0 Å². The summed E-state index contributed by atoms with van der Waals surface area (Å²) in [5.41, 5.74) is 2.98. The highest BCUT2D eigenvalue weighted by atomic mass is 16.5. The average molecular weight is 492 g/mol. The predicted molar refractivity (Wildman–Crippen MR) is 136 cm³/mol. The van der Waals surface area contributed by atoms with Crippen LogP contribution in [-0.2, 0) is 16.1 Å². The van der Waals surface area contributed by atoms with Gasteiger partial charge in [0.2, 0.25) is 5.91 Å². The molecule has 2 aromatic heterocycles. The fourth-order valence-corrected chi connectivity index (χ4v) is 3.49. The minimum absolute atomic E-state index is 0.0869. The van der Waals surface area contributed by atoms with Gasteiger partial charge < -0.3 is 24.8 Å². The molecule has 0 spiro atoms. The quantitative estimate of drug-likeness (QED) is 0.302. The molecule has 0 unspecified atom stereocenters. The molecule has 11 nitrogen and oxygen atoms in total. The number of carbonyl (C=O) groups is 1. The summed E-state index contributed by atoms with van der Waals surface area (Å²) < 4.78 is 17.9. The van der Waals surface area contributed by atoms with Gasteiger partial charge in [0, 0.05) is 36.8 Å². The number of hydrogen-bond donors (Lipinski definition) is 2. The number of fused-ring (bicyclic) bond motifs is 1. The number of anilines is 3. The van der Waals surface area contributed by atoms with Crippen molar-refractivity contribution < 1.29 is 19.0 Å². The lowest BCUT2D eigenvalue weighted by Gasteiger charge is -2.14. The maximum Gasteiger partial charge on any atom is 0.246 e. The summed E-state index contributed by atoms with van der Waals surface area (Å²) in [5, 5.41) is 15.0. The second kappa shape index (κ2) is 11.5. The fraction of sp³-hybridized carbons (Fsp3) is 0.320. The molecule has 4 aromatic rings. The van der Waals surface area contributed by atoms with E-state index in [0.29, 0.717) is 41.7 Å². The van der Waals surface area contributed by atoms with Crippen LogP contribution in [0.25, 0.3) is 10.9 Å². The Morgan fingerprint density at radius 1 is 1.06 bits per heavy atom. The molecule has 1 amide bonds. The van der Waals surface area contributed by atoms with Gasteiger partial charge in [0.15, 0.2) is 0 Å². The van der Waals surface area contributed by atoms with E-state index in [1.54, 1.807) is 26.5 Å². The van der Waals surface area contributed by atoms with E-state index < -0.39 is 0 Å². The summed E-state index contributed by atoms with van der Waals surface area (Å²) in [6, 6.07) is 10.9. The molecule has 0 aliphatic heterocycles. The molecule has 0 radical (unpaired) electrons. The first kappa shape index (κ1) is 24.9. The number of hydrogen-bond acceptors (Lipinski definition) is 9. The molecule has 0 saturated carbocycles. The zero-order valence-electron chi connectivity index (χ0n) is 20.7. The van der Waals surface area contributed by atoms with E-state index in [0.717, 1.165) is 16.8 Å². The Morgan fingerprint density at radius 3 is 2.53 bits per heavy atom. The molecular formula is C25H29N7O4. The van der Waals surface area contributed by atoms with Crippen molar-refractivity contribution in [3.05, 3.63) is 54.6 Å². The van der Waals surface area contributed by atoms with E-state index >= 15 is 0 Å². The highest BCUT2D eigenvalue weighted by Gasteiger charge is 2.13. The van der Waals surface area contributed by atoms with Crippen LogP contribution >= 0.6 is 0 Å². The molecule has 4 rings (SSSR count). The van der Waals surface area contributed by atoms with Crippen LogP contribution in [0.1, 0.15) is 25.5 Å². The van der Waals surface area contributed by atoms with Gasteiger partial charge in [-0.1, -0.05) is 19.1 Å². The van der Waals surface area contributed by atoms with Crippen LogP contribution in [-0.4, -0.2) is 58.3 Å². The van der Waals surface area contributed by atoms with E-state index in [2.05, 4.69) is 30.9 Å². The number of nitrogens with one attached hydrogen (secondary N) is 2. The Labute approximate surface area is 208 Å². The molecule has 36 heavy (non-hydrogen) atoms. The van der Waals surface area contributed by atoms with E-state index in [9.17, 15) is 4.79 Å². The molecule has 0 fully saturated rings. The summed E-state index contributed by atoms with van der Waals surface area (Å²) in [7, 11) is 3.21. The highest BCUT2D eigenvalue weighted by molar-refractivity contribution is 5.97. The third-order valence-corrected chi connectivity index (χ3v) is 5.34. The van der Waals surface area contributed by atoms with E-state index in [1.807, 2.05) is 44.2 Å². The first-order valence-corrected chi connectivity index (χ1v) is 11.5. The minimum Gasteiger partial charge on any atom is -0.496 e. The second-order valence-corrected chi connectivity index (χ2v) is 8.33. The number of methoxy groups -OCH3 is 2. The molecule has 2 N–H and O–H groups in total. The number of aromatic nitrogens is 5. The van der Waals surface area contributed by atoms with Crippen LogP contribution in [0.15, 0.2) is 48.9 Å². The monoisotopic (exact) mass is 491 g/mol. The molecule has 0 atom stereocenters. The number of benzene rings is 2. The van der Waals surface area contributed by atoms with Crippen LogP contribution in [0.3, 0.4) is 0 Å². The van der Waals surface area contributed by atoms with Gasteiger partial charge in [-0.3, -0.25) is 4.79 Å². The van der Waals surface area contributed by atoms with Crippen molar-refractivity contribution in [2.24, 2.45) is 0 Å². The molecule has 0 aliphatic rings. The summed E-state index contributed by atoms with van der Waals surface area (Å²) >= 11 is 0. The van der Waals surface area contributed by atoms with Crippen molar-refractivity contribution in [2.45, 2.75) is 26.3 Å². The van der Waals surface area contributed by atoms with E-state index in [-0.39, 0.29) is 18.4 Å². The molecule has 0 aliphatic carbocycles. The minimum atomic E-state index is -0.189. The van der Waals surface area contributed by atoms with Crippen LogP contribution < -0.4 is 20.1 Å². The molecule has 188 valence electrons. The Morgan fingerprint density at radius 2 is 1.83 bits per heavy atom. The van der Waals surface area contributed by atoms with Gasteiger partial charge in [-0.05, 0) is 30.2 Å². The van der Waals surface area contributed by atoms with Crippen molar-refractivity contribution in [1.29, 1.82) is 0 Å². The topological polar surface area (TPSA) is 125 Å². The van der Waals surface area contributed by atoms with Gasteiger partial charge in [0.1, 0.15) is 36.8 Å². The van der Waals surface area contributed by atoms with E-state index in [4.69, 9.17) is 14.2 Å². The molecule has 0 saturated heterocycles. The van der Waals surface area contributed by atoms with Crippen molar-refractivity contribution in [2.75, 3.05) is 38.1 Å². The van der Waals surface area contributed by atoms with E-state index in [1.165, 1.54) is 11.0 Å². The third-order valence-electron chi connectivity index (χ3n) is 5.34. The molecular weight excluding hydrogens is 462 g/mol. The number of carbonyl (C=O) groups excluding carboxylic acids is 1. The first-order chi connectivity index (χ1) is 17.5. The lowest BCUT2D eigenvalue weighted by Crippen LogP contribution is -2.19. The average Bonchev–Trinajstić information content (AvgIpc) is 3.33. The lowest BCUT2D eigenvalue weighted by molar-refractivity contribution is -0.116. The standard InChI is InChI=1S/C25H29N7O4/c1-16(2)21-13-32(31-30-21)14-23(33)28-17-5-7-18(8-6-17)29-25-24-20(26-15-27-25)11-19(12-22(24)35-4)36-10-9-34-3/h5-8,11-13,15-16H,9-10,14H2,1-4H3,(H,28,33)(H,26,27,29). The summed E-state index contributed by atoms with van der Waals surface area (Å²) in [4.78, 5) is 21.2. The Bertz CT molecular complexity index is 1320. The fourth-order valence-electron chi connectivity index (χ4n) is 3.49. The normalized spacial score (nSPS) is 11.0. The van der Waals surface area contributed by atoms with Gasteiger partial charge in [0.25, 0.3) is 0 Å². The highest BCUT2D eigenvalue weighted by Crippen LogP contribution is 2.35. The smallest absolute Gasteiger partial charge is 0.246 e. The van der Waals surface area contributed by atoms with Gasteiger partial charge in [-0.2, -0.15) is 0 Å². The zero-order valence-corrected chi connectivity index (χ0v) is 20.7. The van der Waals surface area contributed by atoms with Crippen molar-refractivity contribution in [1.82, 2.24) is 25.0 Å². The Balaban J connectivity index is 1.45. The number of nitrogens with zero attached hydrogens (tertiary/aromatic N) is 5. The number of amides is 1. The second-order valence-electron chi connectivity index (χ2n) is 8.33. The van der Waals surface area contributed by atoms with Crippen molar-refractivity contribution >= 4 is 34.0 Å². The molecule has 11 heteroatoms. The first-order valence-electron chi connectivity index (χ1n) is 11.5. The van der Waals surface area contributed by atoms with Crippen molar-refractivity contribution in [3.8, 4) is 11.5 Å². The molecule has 2 heterocycles. The zero-order chi connectivity index (χ0) is 25.5. The van der Waals surface area contributed by atoms with Gasteiger partial charge in [0.05, 0.1) is 30.3 Å². The largest absolute Gasteiger partial charge is 0.496 e. The maximum absolute atomic E-state index is 12.4. The van der Waals surface area contributed by atoms with Gasteiger partial charge in [-0.25, -0.2) is 14.6 Å².